The van der Waals surface area contributed by atoms with Crippen LogP contribution in [0.3, 0.4) is 0 Å². The maximum atomic E-state index is 5.69. The Morgan fingerprint density at radius 2 is 1.76 bits per heavy atom. The Morgan fingerprint density at radius 3 is 2.24 bits per heavy atom. The molecule has 0 radical (unpaired) electrons. The topological polar surface area (TPSA) is 53.7 Å². The summed E-state index contributed by atoms with van der Waals surface area (Å²) in [5, 5.41) is 0. The first-order chi connectivity index (χ1) is 8.19. The van der Waals surface area contributed by atoms with Gasteiger partial charge in [-0.3, -0.25) is 0 Å². The number of benzene rings is 1. The lowest BCUT2D eigenvalue weighted by molar-refractivity contribution is 0.266. The Labute approximate surface area is 103 Å². The molecule has 1 atom stereocenters. The van der Waals surface area contributed by atoms with Crippen LogP contribution < -0.4 is 19.9 Å². The van der Waals surface area contributed by atoms with Crippen LogP contribution in [0, 0.1) is 0 Å². The molecule has 0 heterocycles. The number of para-hydroxylation sites is 1. The second kappa shape index (κ2) is 7.01. The smallest absolute Gasteiger partial charge is 0.203 e. The zero-order valence-electron chi connectivity index (χ0n) is 10.7. The van der Waals surface area contributed by atoms with E-state index in [4.69, 9.17) is 19.9 Å². The van der Waals surface area contributed by atoms with Gasteiger partial charge in [-0.1, -0.05) is 6.07 Å². The second-order valence-electron chi connectivity index (χ2n) is 3.96. The van der Waals surface area contributed by atoms with E-state index in [1.54, 1.807) is 14.2 Å². The molecule has 0 aliphatic rings. The third-order valence-electron chi connectivity index (χ3n) is 2.43. The molecule has 0 fully saturated rings. The molecule has 0 aromatic heterocycles. The van der Waals surface area contributed by atoms with Crippen LogP contribution in [0.15, 0.2) is 18.2 Å². The van der Waals surface area contributed by atoms with Crippen LogP contribution in [0.4, 0.5) is 0 Å². The summed E-state index contributed by atoms with van der Waals surface area (Å²) in [6.45, 7) is 2.60. The molecule has 0 amide bonds. The molecule has 1 aromatic rings. The van der Waals surface area contributed by atoms with Gasteiger partial charge >= 0.3 is 0 Å². The van der Waals surface area contributed by atoms with Crippen LogP contribution in [0.5, 0.6) is 17.2 Å². The van der Waals surface area contributed by atoms with Crippen molar-refractivity contribution < 1.29 is 14.2 Å². The fourth-order valence-corrected chi connectivity index (χ4v) is 1.54. The highest BCUT2D eigenvalue weighted by Gasteiger charge is 2.10. The van der Waals surface area contributed by atoms with Gasteiger partial charge in [-0.05, 0) is 31.9 Å². The molecular formula is C13H21NO3. The molecule has 1 unspecified atom stereocenters. The molecule has 2 N–H and O–H groups in total. The van der Waals surface area contributed by atoms with Gasteiger partial charge in [0.25, 0.3) is 0 Å². The Kier molecular flexibility index (Phi) is 5.63. The maximum Gasteiger partial charge on any atom is 0.203 e. The fourth-order valence-electron chi connectivity index (χ4n) is 1.54. The van der Waals surface area contributed by atoms with Crippen molar-refractivity contribution in [3.63, 3.8) is 0 Å². The van der Waals surface area contributed by atoms with Gasteiger partial charge in [0.1, 0.15) is 0 Å². The SMILES string of the molecule is COc1cccc(OC)c1OCCCC(C)N. The van der Waals surface area contributed by atoms with Crippen molar-refractivity contribution in [1.29, 1.82) is 0 Å². The van der Waals surface area contributed by atoms with Crippen molar-refractivity contribution in [3.05, 3.63) is 18.2 Å². The predicted molar refractivity (Wildman–Crippen MR) is 67.9 cm³/mol. The number of ether oxygens (including phenoxy) is 3. The molecular weight excluding hydrogens is 218 g/mol. The molecule has 0 saturated carbocycles. The molecule has 4 heteroatoms. The molecule has 17 heavy (non-hydrogen) atoms. The van der Waals surface area contributed by atoms with Crippen molar-refractivity contribution >= 4 is 0 Å². The molecule has 0 aliphatic carbocycles. The van der Waals surface area contributed by atoms with E-state index in [-0.39, 0.29) is 6.04 Å². The standard InChI is InChI=1S/C13H21NO3/c1-10(14)6-5-9-17-13-11(15-2)7-4-8-12(13)16-3/h4,7-8,10H,5-6,9,14H2,1-3H3. The minimum Gasteiger partial charge on any atom is -0.493 e. The van der Waals surface area contributed by atoms with E-state index in [1.165, 1.54) is 0 Å². The molecule has 1 rings (SSSR count). The Morgan fingerprint density at radius 1 is 1.18 bits per heavy atom. The summed E-state index contributed by atoms with van der Waals surface area (Å²) in [4.78, 5) is 0. The Bertz CT molecular complexity index is 317. The summed E-state index contributed by atoms with van der Waals surface area (Å²) < 4.78 is 16.2. The highest BCUT2D eigenvalue weighted by atomic mass is 16.5. The summed E-state index contributed by atoms with van der Waals surface area (Å²) in [6.07, 6.45) is 1.86. The van der Waals surface area contributed by atoms with Crippen LogP contribution in [0.2, 0.25) is 0 Å². The van der Waals surface area contributed by atoms with Gasteiger partial charge in [-0.2, -0.15) is 0 Å². The van der Waals surface area contributed by atoms with Gasteiger partial charge in [0.2, 0.25) is 5.75 Å². The monoisotopic (exact) mass is 239 g/mol. The first-order valence-electron chi connectivity index (χ1n) is 5.78. The summed E-state index contributed by atoms with van der Waals surface area (Å²) in [5.41, 5.74) is 5.68. The van der Waals surface area contributed by atoms with Crippen molar-refractivity contribution in [2.75, 3.05) is 20.8 Å². The quantitative estimate of drug-likeness (QED) is 0.741. The highest BCUT2D eigenvalue weighted by Crippen LogP contribution is 2.36. The van der Waals surface area contributed by atoms with Gasteiger partial charge < -0.3 is 19.9 Å². The van der Waals surface area contributed by atoms with Gasteiger partial charge in [-0.15, -0.1) is 0 Å². The van der Waals surface area contributed by atoms with E-state index in [0.717, 1.165) is 12.8 Å². The third kappa shape index (κ3) is 4.15. The van der Waals surface area contributed by atoms with Crippen molar-refractivity contribution in [2.24, 2.45) is 5.73 Å². The zero-order valence-corrected chi connectivity index (χ0v) is 10.7. The predicted octanol–water partition coefficient (Wildman–Crippen LogP) is 2.21. The molecule has 0 aliphatic heterocycles. The minimum atomic E-state index is 0.207. The lowest BCUT2D eigenvalue weighted by Crippen LogP contribution is -2.15. The maximum absolute atomic E-state index is 5.69. The van der Waals surface area contributed by atoms with Gasteiger partial charge in [-0.25, -0.2) is 0 Å². The van der Waals surface area contributed by atoms with Crippen LogP contribution in [0.1, 0.15) is 19.8 Å². The van der Waals surface area contributed by atoms with Crippen molar-refractivity contribution in [3.8, 4) is 17.2 Å². The average molecular weight is 239 g/mol. The van der Waals surface area contributed by atoms with Gasteiger partial charge in [0, 0.05) is 6.04 Å². The zero-order chi connectivity index (χ0) is 12.7. The van der Waals surface area contributed by atoms with Crippen molar-refractivity contribution in [2.45, 2.75) is 25.8 Å². The average Bonchev–Trinajstić information content (AvgIpc) is 2.34. The summed E-state index contributed by atoms with van der Waals surface area (Å²) >= 11 is 0. The number of rotatable bonds is 7. The van der Waals surface area contributed by atoms with E-state index < -0.39 is 0 Å². The Balaban J connectivity index is 2.61. The molecule has 96 valence electrons. The molecule has 4 nitrogen and oxygen atoms in total. The number of hydrogen-bond donors (Lipinski definition) is 1. The first kappa shape index (κ1) is 13.6. The summed E-state index contributed by atoms with van der Waals surface area (Å²) in [5.74, 6) is 2.03. The van der Waals surface area contributed by atoms with Gasteiger partial charge in [0.15, 0.2) is 11.5 Å². The van der Waals surface area contributed by atoms with E-state index in [0.29, 0.717) is 23.9 Å². The van der Waals surface area contributed by atoms with E-state index in [1.807, 2.05) is 25.1 Å². The molecule has 1 aromatic carbocycles. The fraction of sp³-hybridized carbons (Fsp3) is 0.538. The van der Waals surface area contributed by atoms with E-state index >= 15 is 0 Å². The van der Waals surface area contributed by atoms with E-state index in [2.05, 4.69) is 0 Å². The lowest BCUT2D eigenvalue weighted by Gasteiger charge is -2.14. The van der Waals surface area contributed by atoms with Gasteiger partial charge in [0.05, 0.1) is 20.8 Å². The summed E-state index contributed by atoms with van der Waals surface area (Å²) in [7, 11) is 3.23. The first-order valence-corrected chi connectivity index (χ1v) is 5.78. The second-order valence-corrected chi connectivity index (χ2v) is 3.96. The summed E-state index contributed by atoms with van der Waals surface area (Å²) in [6, 6.07) is 5.78. The number of nitrogens with two attached hydrogens (primary N) is 1. The van der Waals surface area contributed by atoms with Crippen molar-refractivity contribution in [1.82, 2.24) is 0 Å². The lowest BCUT2D eigenvalue weighted by atomic mass is 10.2. The molecule has 0 saturated heterocycles. The third-order valence-corrected chi connectivity index (χ3v) is 2.43. The number of hydrogen-bond acceptors (Lipinski definition) is 4. The Hall–Kier alpha value is -1.42. The normalized spacial score (nSPS) is 12.0. The number of methoxy groups -OCH3 is 2. The highest BCUT2D eigenvalue weighted by molar-refractivity contribution is 5.51. The van der Waals surface area contributed by atoms with E-state index in [9.17, 15) is 0 Å². The van der Waals surface area contributed by atoms with Crippen LogP contribution in [-0.4, -0.2) is 26.9 Å². The molecule has 0 bridgehead atoms. The minimum absolute atomic E-state index is 0.207. The largest absolute Gasteiger partial charge is 0.493 e. The van der Waals surface area contributed by atoms with Crippen LogP contribution >= 0.6 is 0 Å². The molecule has 0 spiro atoms. The van der Waals surface area contributed by atoms with Crippen LogP contribution in [0.25, 0.3) is 0 Å². The van der Waals surface area contributed by atoms with Crippen LogP contribution in [-0.2, 0) is 0 Å².